The minimum Gasteiger partial charge on any atom is -0.357 e. The van der Waals surface area contributed by atoms with Gasteiger partial charge in [0.05, 0.1) is 11.6 Å². The minimum absolute atomic E-state index is 0. The van der Waals surface area contributed by atoms with E-state index < -0.39 is 0 Å². The molecule has 0 atom stereocenters. The number of benzene rings is 1. The summed E-state index contributed by atoms with van der Waals surface area (Å²) in [5.74, 6) is 0.860. The van der Waals surface area contributed by atoms with Crippen molar-refractivity contribution in [1.29, 1.82) is 0 Å². The molecule has 0 aliphatic heterocycles. The fourth-order valence-corrected chi connectivity index (χ4v) is 2.87. The van der Waals surface area contributed by atoms with Crippen LogP contribution in [-0.2, 0) is 19.4 Å². The van der Waals surface area contributed by atoms with Gasteiger partial charge in [-0.1, -0.05) is 37.3 Å². The molecule has 2 rings (SSSR count). The lowest BCUT2D eigenvalue weighted by atomic mass is 10.2. The summed E-state index contributed by atoms with van der Waals surface area (Å²) in [5, 5.41) is 7.83. The number of rotatable bonds is 7. The first-order valence-corrected chi connectivity index (χ1v) is 8.63. The Bertz CT molecular complexity index is 583. The summed E-state index contributed by atoms with van der Waals surface area (Å²) in [4.78, 5) is 10.4. The van der Waals surface area contributed by atoms with Gasteiger partial charge in [-0.25, -0.2) is 9.98 Å². The molecular weight excluding hydrogens is 419 g/mol. The number of thiazole rings is 1. The molecule has 1 heterocycles. The molecule has 0 aliphatic rings. The number of aromatic nitrogens is 1. The molecular formula is C17H25IN4S. The second kappa shape index (κ2) is 11.4. The average Bonchev–Trinajstić information content (AvgIpc) is 3.01. The van der Waals surface area contributed by atoms with E-state index in [1.54, 1.807) is 11.3 Å². The van der Waals surface area contributed by atoms with Gasteiger partial charge in [0.15, 0.2) is 5.96 Å². The maximum absolute atomic E-state index is 4.61. The molecule has 4 nitrogen and oxygen atoms in total. The molecule has 0 saturated carbocycles. The Balaban J connectivity index is 0.00000264. The predicted octanol–water partition coefficient (Wildman–Crippen LogP) is 3.62. The van der Waals surface area contributed by atoms with Crippen LogP contribution in [0.1, 0.15) is 29.3 Å². The van der Waals surface area contributed by atoms with Crippen LogP contribution in [0.5, 0.6) is 0 Å². The smallest absolute Gasteiger partial charge is 0.191 e. The topological polar surface area (TPSA) is 49.3 Å². The third kappa shape index (κ3) is 7.30. The Labute approximate surface area is 159 Å². The highest BCUT2D eigenvalue weighted by molar-refractivity contribution is 14.0. The first-order valence-electron chi connectivity index (χ1n) is 7.81. The second-order valence-electron chi connectivity index (χ2n) is 4.93. The molecule has 0 saturated heterocycles. The number of nitrogens with one attached hydrogen (secondary N) is 2. The molecule has 0 unspecified atom stereocenters. The van der Waals surface area contributed by atoms with Crippen molar-refractivity contribution in [2.45, 2.75) is 33.2 Å². The molecule has 0 amide bonds. The van der Waals surface area contributed by atoms with Gasteiger partial charge in [0.2, 0.25) is 0 Å². The van der Waals surface area contributed by atoms with Crippen LogP contribution in [0.25, 0.3) is 0 Å². The van der Waals surface area contributed by atoms with E-state index in [0.29, 0.717) is 6.54 Å². The largest absolute Gasteiger partial charge is 0.357 e. The highest BCUT2D eigenvalue weighted by Gasteiger charge is 2.02. The van der Waals surface area contributed by atoms with Crippen LogP contribution >= 0.6 is 35.3 Å². The Morgan fingerprint density at radius 1 is 1.17 bits per heavy atom. The lowest BCUT2D eigenvalue weighted by Crippen LogP contribution is -2.38. The summed E-state index contributed by atoms with van der Waals surface area (Å²) >= 11 is 1.80. The van der Waals surface area contributed by atoms with Gasteiger partial charge in [0.1, 0.15) is 0 Å². The molecule has 23 heavy (non-hydrogen) atoms. The van der Waals surface area contributed by atoms with Gasteiger partial charge in [0, 0.05) is 30.6 Å². The molecule has 2 N–H and O–H groups in total. The zero-order valence-electron chi connectivity index (χ0n) is 13.7. The fraction of sp³-hybridized carbons (Fsp3) is 0.412. The van der Waals surface area contributed by atoms with Crippen molar-refractivity contribution in [2.75, 3.05) is 13.1 Å². The Hall–Kier alpha value is -1.15. The number of aliphatic imine (C=N–C) groups is 1. The van der Waals surface area contributed by atoms with Gasteiger partial charge in [0.25, 0.3) is 0 Å². The van der Waals surface area contributed by atoms with Crippen molar-refractivity contribution in [3.05, 3.63) is 52.0 Å². The first kappa shape index (κ1) is 19.9. The van der Waals surface area contributed by atoms with E-state index in [0.717, 1.165) is 31.9 Å². The Morgan fingerprint density at radius 2 is 1.96 bits per heavy atom. The van der Waals surface area contributed by atoms with Crippen molar-refractivity contribution in [2.24, 2.45) is 4.99 Å². The summed E-state index contributed by atoms with van der Waals surface area (Å²) in [6.45, 7) is 6.63. The minimum atomic E-state index is 0. The van der Waals surface area contributed by atoms with Crippen molar-refractivity contribution < 1.29 is 0 Å². The number of guanidine groups is 1. The van der Waals surface area contributed by atoms with Crippen LogP contribution in [0, 0.1) is 0 Å². The summed E-state index contributed by atoms with van der Waals surface area (Å²) in [5.41, 5.74) is 1.22. The summed E-state index contributed by atoms with van der Waals surface area (Å²) in [6.07, 6.45) is 3.97. The van der Waals surface area contributed by atoms with Crippen LogP contribution < -0.4 is 10.6 Å². The summed E-state index contributed by atoms with van der Waals surface area (Å²) in [6, 6.07) is 10.3. The summed E-state index contributed by atoms with van der Waals surface area (Å²) in [7, 11) is 0. The van der Waals surface area contributed by atoms with Crippen LogP contribution in [0.15, 0.2) is 41.5 Å². The number of nitrogens with zero attached hydrogens (tertiary/aromatic N) is 2. The lowest BCUT2D eigenvalue weighted by Gasteiger charge is -2.10. The molecule has 0 spiro atoms. The van der Waals surface area contributed by atoms with Gasteiger partial charge in [-0.3, -0.25) is 0 Å². The Morgan fingerprint density at radius 3 is 2.61 bits per heavy atom. The van der Waals surface area contributed by atoms with E-state index in [-0.39, 0.29) is 24.0 Å². The van der Waals surface area contributed by atoms with Crippen LogP contribution in [0.4, 0.5) is 0 Å². The first-order chi connectivity index (χ1) is 10.8. The lowest BCUT2D eigenvalue weighted by molar-refractivity contribution is 0.796. The Kier molecular flexibility index (Phi) is 9.86. The van der Waals surface area contributed by atoms with E-state index in [4.69, 9.17) is 0 Å². The maximum Gasteiger partial charge on any atom is 0.191 e. The fourth-order valence-electron chi connectivity index (χ4n) is 2.01. The highest BCUT2D eigenvalue weighted by atomic mass is 127. The highest BCUT2D eigenvalue weighted by Crippen LogP contribution is 2.13. The van der Waals surface area contributed by atoms with Crippen molar-refractivity contribution in [3.63, 3.8) is 0 Å². The van der Waals surface area contributed by atoms with E-state index in [9.17, 15) is 0 Å². The van der Waals surface area contributed by atoms with E-state index in [1.807, 2.05) is 24.4 Å². The predicted molar refractivity (Wildman–Crippen MR) is 110 cm³/mol. The molecule has 0 fully saturated rings. The quantitative estimate of drug-likeness (QED) is 0.390. The van der Waals surface area contributed by atoms with Crippen molar-refractivity contribution in [3.8, 4) is 0 Å². The molecule has 0 radical (unpaired) electrons. The van der Waals surface area contributed by atoms with Gasteiger partial charge < -0.3 is 10.6 Å². The molecule has 6 heteroatoms. The maximum atomic E-state index is 4.61. The van der Waals surface area contributed by atoms with E-state index in [2.05, 4.69) is 46.6 Å². The second-order valence-corrected chi connectivity index (χ2v) is 6.13. The monoisotopic (exact) mass is 444 g/mol. The molecule has 126 valence electrons. The van der Waals surface area contributed by atoms with Crippen molar-refractivity contribution in [1.82, 2.24) is 15.6 Å². The van der Waals surface area contributed by atoms with E-state index in [1.165, 1.54) is 15.4 Å². The van der Waals surface area contributed by atoms with Crippen LogP contribution in [0.2, 0.25) is 0 Å². The molecule has 0 bridgehead atoms. The average molecular weight is 444 g/mol. The normalized spacial score (nSPS) is 11.0. The molecule has 2 aromatic rings. The van der Waals surface area contributed by atoms with Gasteiger partial charge in [-0.15, -0.1) is 35.3 Å². The number of halogens is 1. The van der Waals surface area contributed by atoms with Crippen LogP contribution in [-0.4, -0.2) is 24.0 Å². The van der Waals surface area contributed by atoms with Gasteiger partial charge in [-0.05, 0) is 18.9 Å². The van der Waals surface area contributed by atoms with Crippen LogP contribution in [0.3, 0.4) is 0 Å². The van der Waals surface area contributed by atoms with E-state index >= 15 is 0 Å². The van der Waals surface area contributed by atoms with Crippen molar-refractivity contribution >= 4 is 41.3 Å². The number of hydrogen-bond acceptors (Lipinski definition) is 3. The third-order valence-electron chi connectivity index (χ3n) is 3.19. The zero-order chi connectivity index (χ0) is 15.6. The summed E-state index contributed by atoms with van der Waals surface area (Å²) < 4.78 is 0. The SMILES string of the molecule is CCNC(=NCc1ccccc1)NCCc1ncc(CC)s1.I. The van der Waals surface area contributed by atoms with Gasteiger partial charge in [-0.2, -0.15) is 0 Å². The molecule has 1 aromatic carbocycles. The molecule has 1 aromatic heterocycles. The number of hydrogen-bond donors (Lipinski definition) is 2. The molecule has 0 aliphatic carbocycles. The standard InChI is InChI=1S/C17H24N4S.HI/c1-3-15-13-20-16(22-15)10-11-19-17(18-4-2)21-12-14-8-6-5-7-9-14;/h5-9,13H,3-4,10-12H2,1-2H3,(H2,18,19,21);1H. The van der Waals surface area contributed by atoms with Gasteiger partial charge >= 0.3 is 0 Å². The number of aryl methyl sites for hydroxylation is 1. The third-order valence-corrected chi connectivity index (χ3v) is 4.39. The zero-order valence-corrected chi connectivity index (χ0v) is 16.9.